The summed E-state index contributed by atoms with van der Waals surface area (Å²) >= 11 is 1.67. The molecule has 1 heterocycles. The van der Waals surface area contributed by atoms with Crippen molar-refractivity contribution in [2.75, 3.05) is 12.9 Å². The van der Waals surface area contributed by atoms with Crippen molar-refractivity contribution in [1.29, 1.82) is 0 Å². The molecule has 5 heteroatoms. The molecule has 1 atom stereocenters. The maximum atomic E-state index is 12.3. The molecule has 1 unspecified atom stereocenters. The van der Waals surface area contributed by atoms with Gasteiger partial charge in [-0.25, -0.2) is 0 Å². The van der Waals surface area contributed by atoms with Gasteiger partial charge in [-0.05, 0) is 55.0 Å². The van der Waals surface area contributed by atoms with Crippen molar-refractivity contribution in [3.63, 3.8) is 0 Å². The van der Waals surface area contributed by atoms with E-state index in [4.69, 9.17) is 9.47 Å². The molecule has 4 nitrogen and oxygen atoms in total. The molecule has 0 aromatic heterocycles. The van der Waals surface area contributed by atoms with Crippen molar-refractivity contribution in [1.82, 2.24) is 0 Å². The highest BCUT2D eigenvalue weighted by atomic mass is 32.2. The summed E-state index contributed by atoms with van der Waals surface area (Å²) in [6, 6.07) is 12.7. The number of phenols is 1. The number of hydrogen-bond donors (Lipinski definition) is 1. The second kappa shape index (κ2) is 8.92. The van der Waals surface area contributed by atoms with Gasteiger partial charge in [0.2, 0.25) is 0 Å². The van der Waals surface area contributed by atoms with Gasteiger partial charge in [0.05, 0.1) is 12.2 Å². The molecule has 1 saturated heterocycles. The zero-order valence-corrected chi connectivity index (χ0v) is 15.5. The van der Waals surface area contributed by atoms with Crippen LogP contribution in [-0.4, -0.2) is 30.0 Å². The summed E-state index contributed by atoms with van der Waals surface area (Å²) in [6.07, 6.45) is 7.89. The van der Waals surface area contributed by atoms with E-state index in [1.165, 1.54) is 17.0 Å². The Hall–Kier alpha value is -2.24. The van der Waals surface area contributed by atoms with Crippen LogP contribution in [-0.2, 0) is 4.74 Å². The second-order valence-corrected chi connectivity index (χ2v) is 6.94. The second-order valence-electron chi connectivity index (χ2n) is 6.06. The first kappa shape index (κ1) is 18.5. The monoisotopic (exact) mass is 370 g/mol. The molecule has 1 aliphatic heterocycles. The van der Waals surface area contributed by atoms with Crippen molar-refractivity contribution in [2.24, 2.45) is 0 Å². The normalized spacial score (nSPS) is 17.3. The number of hydrogen-bond acceptors (Lipinski definition) is 5. The van der Waals surface area contributed by atoms with E-state index in [9.17, 15) is 9.90 Å². The summed E-state index contributed by atoms with van der Waals surface area (Å²) in [6.45, 7) is 0.690. The van der Waals surface area contributed by atoms with E-state index in [1.807, 2.05) is 30.5 Å². The summed E-state index contributed by atoms with van der Waals surface area (Å²) in [4.78, 5) is 13.5. The molecule has 3 rings (SSSR count). The van der Waals surface area contributed by atoms with E-state index >= 15 is 0 Å². The summed E-state index contributed by atoms with van der Waals surface area (Å²) in [7, 11) is 0. The maximum Gasteiger partial charge on any atom is 0.199 e. The van der Waals surface area contributed by atoms with Gasteiger partial charge >= 0.3 is 0 Å². The average molecular weight is 370 g/mol. The molecule has 1 N–H and O–H groups in total. The predicted octanol–water partition coefficient (Wildman–Crippen LogP) is 4.92. The van der Waals surface area contributed by atoms with Crippen molar-refractivity contribution in [2.45, 2.75) is 30.4 Å². The van der Waals surface area contributed by atoms with Crippen LogP contribution in [0.4, 0.5) is 0 Å². The summed E-state index contributed by atoms with van der Waals surface area (Å²) in [5, 5.41) is 10.2. The number of rotatable bonds is 6. The van der Waals surface area contributed by atoms with Gasteiger partial charge in [-0.1, -0.05) is 18.2 Å². The topological polar surface area (TPSA) is 55.8 Å². The van der Waals surface area contributed by atoms with Gasteiger partial charge in [-0.15, -0.1) is 11.8 Å². The van der Waals surface area contributed by atoms with Crippen LogP contribution >= 0.6 is 11.8 Å². The number of allylic oxidation sites excluding steroid dienone is 1. The summed E-state index contributed by atoms with van der Waals surface area (Å²) in [5.74, 6) is 0.158. The van der Waals surface area contributed by atoms with E-state index in [0.717, 1.165) is 24.8 Å². The summed E-state index contributed by atoms with van der Waals surface area (Å²) in [5.41, 5.74) is 1.18. The molecule has 26 heavy (non-hydrogen) atoms. The molecule has 0 amide bonds. The Morgan fingerprint density at radius 1 is 1.23 bits per heavy atom. The molecule has 0 bridgehead atoms. The zero-order chi connectivity index (χ0) is 18.4. The van der Waals surface area contributed by atoms with Gasteiger partial charge in [-0.2, -0.15) is 0 Å². The largest absolute Gasteiger partial charge is 0.507 e. The van der Waals surface area contributed by atoms with Crippen molar-refractivity contribution >= 4 is 23.6 Å². The number of benzene rings is 2. The van der Waals surface area contributed by atoms with E-state index in [2.05, 4.69) is 0 Å². The first-order valence-electron chi connectivity index (χ1n) is 8.63. The number of carbonyl (C=O) groups is 1. The lowest BCUT2D eigenvalue weighted by Crippen LogP contribution is -2.24. The van der Waals surface area contributed by atoms with E-state index in [-0.39, 0.29) is 23.4 Å². The molecule has 0 radical (unpaired) electrons. The Kier molecular flexibility index (Phi) is 6.36. The van der Waals surface area contributed by atoms with Crippen molar-refractivity contribution < 1.29 is 19.4 Å². The molecular weight excluding hydrogens is 348 g/mol. The lowest BCUT2D eigenvalue weighted by molar-refractivity contribution is -0.105. The van der Waals surface area contributed by atoms with Gasteiger partial charge in [0.15, 0.2) is 12.1 Å². The van der Waals surface area contributed by atoms with Crippen LogP contribution < -0.4 is 4.74 Å². The van der Waals surface area contributed by atoms with Crippen LogP contribution in [0.5, 0.6) is 11.5 Å². The van der Waals surface area contributed by atoms with Gasteiger partial charge in [-0.3, -0.25) is 4.79 Å². The van der Waals surface area contributed by atoms with Crippen LogP contribution in [0.25, 0.3) is 6.08 Å². The molecule has 0 aliphatic carbocycles. The van der Waals surface area contributed by atoms with E-state index in [0.29, 0.717) is 12.4 Å². The quantitative estimate of drug-likeness (QED) is 0.444. The molecular formula is C21H22O4S. The molecule has 1 aliphatic rings. The summed E-state index contributed by atoms with van der Waals surface area (Å²) < 4.78 is 11.2. The van der Waals surface area contributed by atoms with Crippen molar-refractivity contribution in [3.8, 4) is 11.5 Å². The molecule has 2 aromatic carbocycles. The fourth-order valence-corrected chi connectivity index (χ4v) is 3.13. The van der Waals surface area contributed by atoms with Gasteiger partial charge < -0.3 is 14.6 Å². The minimum absolute atomic E-state index is 0.0920. The van der Waals surface area contributed by atoms with E-state index in [1.54, 1.807) is 30.0 Å². The molecule has 2 aromatic rings. The SMILES string of the molecule is CSc1ccc(/C=C/C(=O)c2ccc(OC3CCCCO3)cc2O)cc1. The van der Waals surface area contributed by atoms with Crippen LogP contribution in [0.3, 0.4) is 0 Å². The van der Waals surface area contributed by atoms with Gasteiger partial charge in [0.25, 0.3) is 0 Å². The van der Waals surface area contributed by atoms with Crippen LogP contribution in [0, 0.1) is 0 Å². The van der Waals surface area contributed by atoms with Crippen molar-refractivity contribution in [3.05, 3.63) is 59.7 Å². The lowest BCUT2D eigenvalue weighted by atomic mass is 10.1. The number of phenolic OH excluding ortho intramolecular Hbond substituents is 1. The smallest absolute Gasteiger partial charge is 0.199 e. The fourth-order valence-electron chi connectivity index (χ4n) is 2.73. The highest BCUT2D eigenvalue weighted by molar-refractivity contribution is 7.98. The third kappa shape index (κ3) is 4.90. The maximum absolute atomic E-state index is 12.3. The standard InChI is InChI=1S/C21H22O4S/c1-26-17-9-5-15(6-10-17)7-12-19(22)18-11-8-16(14-20(18)23)25-21-4-2-3-13-24-21/h5-12,14,21,23H,2-4,13H2,1H3/b12-7+. The number of ketones is 1. The van der Waals surface area contributed by atoms with Crippen LogP contribution in [0.1, 0.15) is 35.2 Å². The van der Waals surface area contributed by atoms with Gasteiger partial charge in [0.1, 0.15) is 11.5 Å². The van der Waals surface area contributed by atoms with Gasteiger partial charge in [0, 0.05) is 17.4 Å². The fraction of sp³-hybridized carbons (Fsp3) is 0.286. The Labute approximate surface area is 157 Å². The highest BCUT2D eigenvalue weighted by Crippen LogP contribution is 2.27. The first-order chi connectivity index (χ1) is 12.7. The number of carbonyl (C=O) groups excluding carboxylic acids is 1. The third-order valence-electron chi connectivity index (χ3n) is 4.18. The molecule has 1 fully saturated rings. The highest BCUT2D eigenvalue weighted by Gasteiger charge is 2.16. The number of ether oxygens (including phenoxy) is 2. The minimum Gasteiger partial charge on any atom is -0.507 e. The predicted molar refractivity (Wildman–Crippen MR) is 104 cm³/mol. The molecule has 0 spiro atoms. The van der Waals surface area contributed by atoms with Crippen LogP contribution in [0.15, 0.2) is 53.4 Å². The molecule has 136 valence electrons. The third-order valence-corrected chi connectivity index (χ3v) is 4.93. The lowest BCUT2D eigenvalue weighted by Gasteiger charge is -2.23. The van der Waals surface area contributed by atoms with E-state index < -0.39 is 0 Å². The molecule has 0 saturated carbocycles. The Bertz CT molecular complexity index is 777. The average Bonchev–Trinajstić information content (AvgIpc) is 2.67. The Balaban J connectivity index is 1.65. The minimum atomic E-state index is -0.283. The zero-order valence-electron chi connectivity index (χ0n) is 14.7. The number of aromatic hydroxyl groups is 1. The van der Waals surface area contributed by atoms with Crippen LogP contribution in [0.2, 0.25) is 0 Å². The Morgan fingerprint density at radius 2 is 2.04 bits per heavy atom. The first-order valence-corrected chi connectivity index (χ1v) is 9.86. The Morgan fingerprint density at radius 3 is 2.69 bits per heavy atom. The number of thioether (sulfide) groups is 1.